The standard InChI is InChI=1S/C27H23BrN2O6S/c1-5-11-36-26(34)24-15(3)29-27(37-24)30-21(16-7-6-8-18(28)13-16)20(23(32)25(30)33)22(31)17-9-10-19(35-4)14(2)12-17/h5-10,12-13,21,31H,1,11H2,2-4H3. The molecule has 190 valence electrons. The number of hydrogen-bond acceptors (Lipinski definition) is 8. The Balaban J connectivity index is 1.89. The molecule has 1 aliphatic heterocycles. The summed E-state index contributed by atoms with van der Waals surface area (Å²) in [7, 11) is 1.54. The molecule has 2 heterocycles. The van der Waals surface area contributed by atoms with Crippen LogP contribution in [0.15, 0.2) is 65.2 Å². The first kappa shape index (κ1) is 26.3. The van der Waals surface area contributed by atoms with Crippen LogP contribution in [0.2, 0.25) is 0 Å². The predicted octanol–water partition coefficient (Wildman–Crippen LogP) is 5.50. The van der Waals surface area contributed by atoms with Gasteiger partial charge in [-0.1, -0.05) is 52.1 Å². The van der Waals surface area contributed by atoms with Gasteiger partial charge in [0.05, 0.1) is 24.4 Å². The number of halogens is 1. The van der Waals surface area contributed by atoms with Gasteiger partial charge in [-0.2, -0.15) is 0 Å². The van der Waals surface area contributed by atoms with Gasteiger partial charge in [0.2, 0.25) is 0 Å². The first-order valence-corrected chi connectivity index (χ1v) is 12.8. The Morgan fingerprint density at radius 3 is 2.65 bits per heavy atom. The van der Waals surface area contributed by atoms with E-state index in [1.807, 2.05) is 13.0 Å². The minimum Gasteiger partial charge on any atom is -0.507 e. The predicted molar refractivity (Wildman–Crippen MR) is 144 cm³/mol. The van der Waals surface area contributed by atoms with Gasteiger partial charge in [-0.15, -0.1) is 0 Å². The van der Waals surface area contributed by atoms with Crippen molar-refractivity contribution in [2.75, 3.05) is 18.6 Å². The van der Waals surface area contributed by atoms with Gasteiger partial charge in [0.25, 0.3) is 5.78 Å². The van der Waals surface area contributed by atoms with Gasteiger partial charge in [0, 0.05) is 10.0 Å². The van der Waals surface area contributed by atoms with E-state index in [4.69, 9.17) is 9.47 Å². The fourth-order valence-electron chi connectivity index (χ4n) is 4.08. The zero-order valence-corrected chi connectivity index (χ0v) is 22.7. The van der Waals surface area contributed by atoms with Gasteiger partial charge in [-0.25, -0.2) is 9.78 Å². The Labute approximate surface area is 226 Å². The van der Waals surface area contributed by atoms with Crippen molar-refractivity contribution in [2.24, 2.45) is 0 Å². The number of ketones is 1. The number of benzene rings is 2. The molecule has 1 amide bonds. The molecule has 2 aromatic carbocycles. The molecular formula is C27H23BrN2O6S. The molecule has 0 saturated carbocycles. The highest BCUT2D eigenvalue weighted by Gasteiger charge is 2.48. The summed E-state index contributed by atoms with van der Waals surface area (Å²) in [6.45, 7) is 6.99. The molecule has 3 aromatic rings. The number of aromatic nitrogens is 1. The van der Waals surface area contributed by atoms with Crippen LogP contribution in [-0.2, 0) is 14.3 Å². The Hall–Kier alpha value is -3.76. The van der Waals surface area contributed by atoms with E-state index in [1.54, 1.807) is 43.3 Å². The third-order valence-electron chi connectivity index (χ3n) is 5.79. The second-order valence-electron chi connectivity index (χ2n) is 8.21. The van der Waals surface area contributed by atoms with E-state index in [2.05, 4.69) is 27.5 Å². The van der Waals surface area contributed by atoms with Crippen LogP contribution in [0.4, 0.5) is 5.13 Å². The average Bonchev–Trinajstić information content (AvgIpc) is 3.38. The normalized spacial score (nSPS) is 16.6. The zero-order chi connectivity index (χ0) is 26.9. The third-order valence-corrected chi connectivity index (χ3v) is 7.42. The highest BCUT2D eigenvalue weighted by atomic mass is 79.9. The van der Waals surface area contributed by atoms with Crippen molar-refractivity contribution in [1.29, 1.82) is 0 Å². The minimum atomic E-state index is -0.984. The summed E-state index contributed by atoms with van der Waals surface area (Å²) < 4.78 is 11.2. The van der Waals surface area contributed by atoms with Gasteiger partial charge in [0.1, 0.15) is 23.0 Å². The van der Waals surface area contributed by atoms with Crippen LogP contribution in [0.25, 0.3) is 5.76 Å². The molecule has 10 heteroatoms. The van der Waals surface area contributed by atoms with Crippen molar-refractivity contribution in [3.05, 3.63) is 92.4 Å². The molecule has 1 saturated heterocycles. The van der Waals surface area contributed by atoms with Crippen molar-refractivity contribution in [3.8, 4) is 5.75 Å². The number of Topliss-reactive ketones (excluding diaryl/α,β-unsaturated/α-hetero) is 1. The highest BCUT2D eigenvalue weighted by molar-refractivity contribution is 9.10. The van der Waals surface area contributed by atoms with Crippen LogP contribution in [0.5, 0.6) is 5.75 Å². The van der Waals surface area contributed by atoms with Crippen molar-refractivity contribution in [2.45, 2.75) is 19.9 Å². The van der Waals surface area contributed by atoms with Gasteiger partial charge in [-0.05, 0) is 55.3 Å². The van der Waals surface area contributed by atoms with Gasteiger partial charge < -0.3 is 14.6 Å². The van der Waals surface area contributed by atoms with E-state index in [0.29, 0.717) is 22.6 Å². The third kappa shape index (κ3) is 4.94. The molecule has 8 nitrogen and oxygen atoms in total. The number of rotatable bonds is 7. The highest BCUT2D eigenvalue weighted by Crippen LogP contribution is 2.44. The van der Waals surface area contributed by atoms with E-state index < -0.39 is 23.7 Å². The smallest absolute Gasteiger partial charge is 0.350 e. The lowest BCUT2D eigenvalue weighted by Crippen LogP contribution is -2.29. The van der Waals surface area contributed by atoms with E-state index in [1.165, 1.54) is 18.1 Å². The quantitative estimate of drug-likeness (QED) is 0.129. The molecule has 0 aliphatic carbocycles. The molecule has 1 aliphatic rings. The SMILES string of the molecule is C=CCOC(=O)c1sc(N2C(=O)C(=O)C(=C(O)c3ccc(OC)c(C)c3)C2c2cccc(Br)c2)nc1C. The van der Waals surface area contributed by atoms with Crippen LogP contribution < -0.4 is 9.64 Å². The molecule has 1 unspecified atom stereocenters. The summed E-state index contributed by atoms with van der Waals surface area (Å²) in [6, 6.07) is 11.1. The lowest BCUT2D eigenvalue weighted by molar-refractivity contribution is -0.132. The molecule has 1 N–H and O–H groups in total. The topological polar surface area (TPSA) is 106 Å². The number of ether oxygens (including phenoxy) is 2. The van der Waals surface area contributed by atoms with Crippen molar-refractivity contribution < 1.29 is 29.0 Å². The summed E-state index contributed by atoms with van der Waals surface area (Å²) in [5.74, 6) is -2.04. The Morgan fingerprint density at radius 1 is 1.24 bits per heavy atom. The number of carbonyl (C=O) groups is 3. The number of aliphatic hydroxyl groups is 1. The number of amides is 1. The maximum absolute atomic E-state index is 13.4. The maximum atomic E-state index is 13.4. The molecule has 1 fully saturated rings. The number of thiazole rings is 1. The van der Waals surface area contributed by atoms with Crippen LogP contribution in [0.1, 0.15) is 38.1 Å². The minimum absolute atomic E-state index is 0.0232. The first-order valence-electron chi connectivity index (χ1n) is 11.1. The summed E-state index contributed by atoms with van der Waals surface area (Å²) in [5.41, 5.74) is 1.95. The maximum Gasteiger partial charge on any atom is 0.350 e. The average molecular weight is 583 g/mol. The van der Waals surface area contributed by atoms with Crippen LogP contribution in [0.3, 0.4) is 0 Å². The zero-order valence-electron chi connectivity index (χ0n) is 20.3. The fraction of sp³-hybridized carbons (Fsp3) is 0.185. The monoisotopic (exact) mass is 582 g/mol. The molecule has 0 bridgehead atoms. The number of esters is 1. The van der Waals surface area contributed by atoms with Gasteiger partial charge in [0.15, 0.2) is 5.13 Å². The summed E-state index contributed by atoms with van der Waals surface area (Å²) in [6.07, 6.45) is 1.45. The van der Waals surface area contributed by atoms with E-state index in [-0.39, 0.29) is 27.9 Å². The lowest BCUT2D eigenvalue weighted by atomic mass is 9.95. The van der Waals surface area contributed by atoms with Crippen LogP contribution in [-0.4, -0.2) is 41.5 Å². The van der Waals surface area contributed by atoms with Crippen LogP contribution >= 0.6 is 27.3 Å². The molecule has 1 aromatic heterocycles. The number of hydrogen-bond donors (Lipinski definition) is 1. The summed E-state index contributed by atoms with van der Waals surface area (Å²) in [4.78, 5) is 45.1. The van der Waals surface area contributed by atoms with Crippen molar-refractivity contribution in [1.82, 2.24) is 4.98 Å². The number of anilines is 1. The second kappa shape index (κ2) is 10.7. The van der Waals surface area contributed by atoms with Crippen molar-refractivity contribution in [3.63, 3.8) is 0 Å². The fourth-order valence-corrected chi connectivity index (χ4v) is 5.48. The number of carbonyl (C=O) groups excluding carboxylic acids is 3. The lowest BCUT2D eigenvalue weighted by Gasteiger charge is -2.23. The molecule has 4 rings (SSSR count). The Morgan fingerprint density at radius 2 is 2.00 bits per heavy atom. The van der Waals surface area contributed by atoms with E-state index >= 15 is 0 Å². The first-order chi connectivity index (χ1) is 17.7. The van der Waals surface area contributed by atoms with E-state index in [0.717, 1.165) is 21.4 Å². The number of aliphatic hydroxyl groups excluding tert-OH is 1. The van der Waals surface area contributed by atoms with Crippen molar-refractivity contribution >= 4 is 55.8 Å². The Kier molecular flexibility index (Phi) is 7.60. The van der Waals surface area contributed by atoms with E-state index in [9.17, 15) is 19.5 Å². The molecule has 1 atom stereocenters. The van der Waals surface area contributed by atoms with Crippen LogP contribution in [0, 0.1) is 13.8 Å². The molecular weight excluding hydrogens is 560 g/mol. The number of methoxy groups -OCH3 is 1. The molecule has 37 heavy (non-hydrogen) atoms. The largest absolute Gasteiger partial charge is 0.507 e. The van der Waals surface area contributed by atoms with Gasteiger partial charge in [-0.3, -0.25) is 14.5 Å². The number of aryl methyl sites for hydroxylation is 2. The Bertz CT molecular complexity index is 1460. The summed E-state index contributed by atoms with van der Waals surface area (Å²) >= 11 is 4.38. The molecule has 0 radical (unpaired) electrons. The number of nitrogens with zero attached hydrogens (tertiary/aromatic N) is 2. The second-order valence-corrected chi connectivity index (χ2v) is 10.1. The summed E-state index contributed by atoms with van der Waals surface area (Å²) in [5, 5.41) is 11.5. The van der Waals surface area contributed by atoms with Gasteiger partial charge >= 0.3 is 11.9 Å². The molecule has 0 spiro atoms.